The highest BCUT2D eigenvalue weighted by molar-refractivity contribution is 5.94. The van der Waals surface area contributed by atoms with Gasteiger partial charge in [-0.15, -0.1) is 0 Å². The normalized spacial score (nSPS) is 10.6. The van der Waals surface area contributed by atoms with Crippen molar-refractivity contribution in [2.45, 2.75) is 39.7 Å². The quantitative estimate of drug-likeness (QED) is 0.816. The van der Waals surface area contributed by atoms with Gasteiger partial charge in [-0.2, -0.15) is 0 Å². The predicted molar refractivity (Wildman–Crippen MR) is 93.9 cm³/mol. The van der Waals surface area contributed by atoms with E-state index in [9.17, 15) is 4.79 Å². The summed E-state index contributed by atoms with van der Waals surface area (Å²) in [6, 6.07) is 15.6. The first-order valence-corrected chi connectivity index (χ1v) is 8.20. The van der Waals surface area contributed by atoms with E-state index in [1.54, 1.807) is 0 Å². The standard InChI is InChI=1S/C20H25NO2/c1-4-13-23-19-11-5-16(6-12-19)14-21-20(22)18-9-7-17(8-10-18)15(2)3/h5-12,15H,4,13-14H2,1-3H3,(H,21,22). The molecule has 2 aromatic carbocycles. The van der Waals surface area contributed by atoms with Crippen molar-refractivity contribution in [2.75, 3.05) is 6.61 Å². The molecule has 2 aromatic rings. The lowest BCUT2D eigenvalue weighted by Gasteiger charge is -2.09. The maximum absolute atomic E-state index is 12.2. The fourth-order valence-electron chi connectivity index (χ4n) is 2.23. The fraction of sp³-hybridized carbons (Fsp3) is 0.350. The summed E-state index contributed by atoms with van der Waals surface area (Å²) >= 11 is 0. The minimum absolute atomic E-state index is 0.0494. The van der Waals surface area contributed by atoms with E-state index in [4.69, 9.17) is 4.74 Å². The van der Waals surface area contributed by atoms with Crippen LogP contribution in [0.25, 0.3) is 0 Å². The zero-order valence-corrected chi connectivity index (χ0v) is 14.1. The van der Waals surface area contributed by atoms with Crippen molar-refractivity contribution in [1.29, 1.82) is 0 Å². The molecule has 0 spiro atoms. The molecule has 1 amide bonds. The third-order valence-corrected chi connectivity index (χ3v) is 3.69. The zero-order valence-electron chi connectivity index (χ0n) is 14.1. The first-order valence-electron chi connectivity index (χ1n) is 8.20. The molecule has 0 unspecified atom stereocenters. The van der Waals surface area contributed by atoms with Crippen LogP contribution in [0.1, 0.15) is 54.6 Å². The van der Waals surface area contributed by atoms with Gasteiger partial charge in [0.25, 0.3) is 5.91 Å². The lowest BCUT2D eigenvalue weighted by atomic mass is 10.0. The summed E-state index contributed by atoms with van der Waals surface area (Å²) in [6.07, 6.45) is 0.993. The molecule has 122 valence electrons. The second kappa shape index (κ2) is 8.37. The minimum Gasteiger partial charge on any atom is -0.494 e. The van der Waals surface area contributed by atoms with Gasteiger partial charge in [-0.3, -0.25) is 4.79 Å². The number of rotatable bonds is 7. The maximum Gasteiger partial charge on any atom is 0.251 e. The molecule has 2 rings (SSSR count). The number of benzene rings is 2. The first-order chi connectivity index (χ1) is 11.1. The molecular weight excluding hydrogens is 286 g/mol. The Kier molecular flexibility index (Phi) is 6.21. The highest BCUT2D eigenvalue weighted by atomic mass is 16.5. The van der Waals surface area contributed by atoms with Crippen LogP contribution in [-0.4, -0.2) is 12.5 Å². The third kappa shape index (κ3) is 5.13. The summed E-state index contributed by atoms with van der Waals surface area (Å²) in [4.78, 5) is 12.2. The van der Waals surface area contributed by atoms with Gasteiger partial charge in [0.1, 0.15) is 5.75 Å². The number of carbonyl (C=O) groups is 1. The Balaban J connectivity index is 1.88. The Morgan fingerprint density at radius 2 is 1.70 bits per heavy atom. The molecule has 0 aliphatic rings. The molecule has 1 N–H and O–H groups in total. The number of carbonyl (C=O) groups excluding carboxylic acids is 1. The van der Waals surface area contributed by atoms with Crippen LogP contribution in [0.15, 0.2) is 48.5 Å². The molecule has 0 aliphatic heterocycles. The van der Waals surface area contributed by atoms with Gasteiger partial charge in [0, 0.05) is 12.1 Å². The molecule has 0 bridgehead atoms. The van der Waals surface area contributed by atoms with Crippen molar-refractivity contribution in [3.63, 3.8) is 0 Å². The summed E-state index contributed by atoms with van der Waals surface area (Å²) < 4.78 is 5.55. The summed E-state index contributed by atoms with van der Waals surface area (Å²) in [5, 5.41) is 2.95. The van der Waals surface area contributed by atoms with Crippen LogP contribution in [0.2, 0.25) is 0 Å². The molecule has 23 heavy (non-hydrogen) atoms. The number of hydrogen-bond donors (Lipinski definition) is 1. The molecule has 0 saturated heterocycles. The van der Waals surface area contributed by atoms with E-state index in [-0.39, 0.29) is 5.91 Å². The van der Waals surface area contributed by atoms with E-state index >= 15 is 0 Å². The van der Waals surface area contributed by atoms with Gasteiger partial charge in [-0.25, -0.2) is 0 Å². The summed E-state index contributed by atoms with van der Waals surface area (Å²) in [6.45, 7) is 7.60. The van der Waals surface area contributed by atoms with Crippen LogP contribution in [0, 0.1) is 0 Å². The van der Waals surface area contributed by atoms with Crippen molar-refractivity contribution in [3.05, 3.63) is 65.2 Å². The van der Waals surface area contributed by atoms with E-state index in [1.165, 1.54) is 5.56 Å². The lowest BCUT2D eigenvalue weighted by molar-refractivity contribution is 0.0951. The Bertz CT molecular complexity index is 615. The molecule has 3 nitrogen and oxygen atoms in total. The summed E-state index contributed by atoms with van der Waals surface area (Å²) in [5.41, 5.74) is 2.99. The highest BCUT2D eigenvalue weighted by Gasteiger charge is 2.06. The van der Waals surface area contributed by atoms with Crippen molar-refractivity contribution < 1.29 is 9.53 Å². The van der Waals surface area contributed by atoms with Crippen LogP contribution >= 0.6 is 0 Å². The highest BCUT2D eigenvalue weighted by Crippen LogP contribution is 2.15. The molecule has 0 atom stereocenters. The van der Waals surface area contributed by atoms with Crippen molar-refractivity contribution in [1.82, 2.24) is 5.32 Å². The number of ether oxygens (including phenoxy) is 1. The minimum atomic E-state index is -0.0494. The van der Waals surface area contributed by atoms with Crippen LogP contribution in [-0.2, 0) is 6.54 Å². The van der Waals surface area contributed by atoms with E-state index < -0.39 is 0 Å². The number of amides is 1. The monoisotopic (exact) mass is 311 g/mol. The molecule has 0 aliphatic carbocycles. The molecule has 0 radical (unpaired) electrons. The van der Waals surface area contributed by atoms with E-state index in [1.807, 2.05) is 48.5 Å². The van der Waals surface area contributed by atoms with Gasteiger partial charge in [0.05, 0.1) is 6.61 Å². The average Bonchev–Trinajstić information content (AvgIpc) is 2.58. The molecule has 3 heteroatoms. The molecular formula is C20H25NO2. The van der Waals surface area contributed by atoms with Crippen molar-refractivity contribution >= 4 is 5.91 Å². The first kappa shape index (κ1) is 17.1. The second-order valence-corrected chi connectivity index (χ2v) is 5.95. The predicted octanol–water partition coefficient (Wildman–Crippen LogP) is 4.53. The Hall–Kier alpha value is -2.29. The van der Waals surface area contributed by atoms with Gasteiger partial charge in [0.15, 0.2) is 0 Å². The Labute approximate surface area is 138 Å². The van der Waals surface area contributed by atoms with Gasteiger partial charge in [-0.1, -0.05) is 45.0 Å². The molecule has 0 fully saturated rings. The third-order valence-electron chi connectivity index (χ3n) is 3.69. The molecule has 0 aromatic heterocycles. The van der Waals surface area contributed by atoms with E-state index in [2.05, 4.69) is 26.1 Å². The van der Waals surface area contributed by atoms with Gasteiger partial charge >= 0.3 is 0 Å². The SMILES string of the molecule is CCCOc1ccc(CNC(=O)c2ccc(C(C)C)cc2)cc1. The van der Waals surface area contributed by atoms with E-state index in [0.29, 0.717) is 18.0 Å². The summed E-state index contributed by atoms with van der Waals surface area (Å²) in [5.74, 6) is 1.29. The molecule has 0 saturated carbocycles. The van der Waals surface area contributed by atoms with Crippen molar-refractivity contribution in [2.24, 2.45) is 0 Å². The Morgan fingerprint density at radius 1 is 1.04 bits per heavy atom. The molecule has 0 heterocycles. The average molecular weight is 311 g/mol. The largest absolute Gasteiger partial charge is 0.494 e. The van der Waals surface area contributed by atoms with Gasteiger partial charge in [0.2, 0.25) is 0 Å². The zero-order chi connectivity index (χ0) is 16.7. The van der Waals surface area contributed by atoms with Crippen LogP contribution in [0.3, 0.4) is 0 Å². The topological polar surface area (TPSA) is 38.3 Å². The van der Waals surface area contributed by atoms with Gasteiger partial charge < -0.3 is 10.1 Å². The van der Waals surface area contributed by atoms with Crippen LogP contribution in [0.4, 0.5) is 0 Å². The smallest absolute Gasteiger partial charge is 0.251 e. The number of nitrogens with one attached hydrogen (secondary N) is 1. The summed E-state index contributed by atoms with van der Waals surface area (Å²) in [7, 11) is 0. The lowest BCUT2D eigenvalue weighted by Crippen LogP contribution is -2.22. The van der Waals surface area contributed by atoms with Gasteiger partial charge in [-0.05, 0) is 47.7 Å². The fourth-order valence-corrected chi connectivity index (χ4v) is 2.23. The van der Waals surface area contributed by atoms with Crippen LogP contribution in [0.5, 0.6) is 5.75 Å². The Morgan fingerprint density at radius 3 is 2.26 bits per heavy atom. The van der Waals surface area contributed by atoms with Crippen molar-refractivity contribution in [3.8, 4) is 5.75 Å². The second-order valence-electron chi connectivity index (χ2n) is 5.95. The van der Waals surface area contributed by atoms with Crippen LogP contribution < -0.4 is 10.1 Å². The van der Waals surface area contributed by atoms with E-state index in [0.717, 1.165) is 24.3 Å². The number of hydrogen-bond acceptors (Lipinski definition) is 2. The maximum atomic E-state index is 12.2.